The molecule has 0 N–H and O–H groups in total. The summed E-state index contributed by atoms with van der Waals surface area (Å²) in [4.78, 5) is 16.1. The third-order valence-corrected chi connectivity index (χ3v) is 5.55. The molecule has 0 heterocycles. The van der Waals surface area contributed by atoms with Crippen LogP contribution >= 0.6 is 0 Å². The zero-order valence-electron chi connectivity index (χ0n) is 14.2. The summed E-state index contributed by atoms with van der Waals surface area (Å²) in [5.41, 5.74) is 0.274. The highest BCUT2D eigenvalue weighted by Gasteiger charge is 2.58. The van der Waals surface area contributed by atoms with Crippen LogP contribution in [-0.2, 0) is 9.53 Å². The molecule has 2 rings (SSSR count). The minimum atomic E-state index is 0.103. The quantitative estimate of drug-likeness (QED) is 0.722. The number of hydrogen-bond donors (Lipinski definition) is 0. The first kappa shape index (κ1) is 17.2. The van der Waals surface area contributed by atoms with Crippen LogP contribution in [0.1, 0.15) is 45.4 Å². The maximum Gasteiger partial charge on any atom is 0.236 e. The van der Waals surface area contributed by atoms with E-state index in [-0.39, 0.29) is 11.3 Å². The molecule has 2 atom stereocenters. The van der Waals surface area contributed by atoms with Crippen molar-refractivity contribution in [1.29, 1.82) is 5.26 Å². The van der Waals surface area contributed by atoms with Crippen molar-refractivity contribution in [1.82, 2.24) is 9.80 Å². The second-order valence-electron chi connectivity index (χ2n) is 6.77. The van der Waals surface area contributed by atoms with E-state index in [0.717, 1.165) is 13.0 Å². The Hall–Kier alpha value is -1.12. The van der Waals surface area contributed by atoms with Crippen molar-refractivity contribution in [2.45, 2.75) is 57.6 Å². The van der Waals surface area contributed by atoms with E-state index < -0.39 is 0 Å². The zero-order valence-corrected chi connectivity index (χ0v) is 14.2. The van der Waals surface area contributed by atoms with Crippen LogP contribution in [0.3, 0.4) is 0 Å². The van der Waals surface area contributed by atoms with Crippen LogP contribution < -0.4 is 0 Å². The van der Waals surface area contributed by atoms with Crippen LogP contribution in [0.25, 0.3) is 0 Å². The van der Waals surface area contributed by atoms with E-state index in [9.17, 15) is 4.79 Å². The van der Waals surface area contributed by atoms with Gasteiger partial charge in [0.2, 0.25) is 5.91 Å². The Bertz CT molecular complexity index is 426. The van der Waals surface area contributed by atoms with Gasteiger partial charge in [-0.25, -0.2) is 0 Å². The van der Waals surface area contributed by atoms with Gasteiger partial charge < -0.3 is 9.64 Å². The smallest absolute Gasteiger partial charge is 0.236 e. The van der Waals surface area contributed by atoms with Gasteiger partial charge in [-0.2, -0.15) is 5.26 Å². The number of hydrogen-bond acceptors (Lipinski definition) is 4. The van der Waals surface area contributed by atoms with Crippen molar-refractivity contribution in [3.8, 4) is 6.07 Å². The molecule has 124 valence electrons. The fourth-order valence-corrected chi connectivity index (χ4v) is 4.26. The third kappa shape index (κ3) is 3.28. The molecule has 2 fully saturated rings. The van der Waals surface area contributed by atoms with E-state index >= 15 is 0 Å². The van der Waals surface area contributed by atoms with Gasteiger partial charge >= 0.3 is 0 Å². The van der Waals surface area contributed by atoms with Gasteiger partial charge in [0.15, 0.2) is 0 Å². The topological polar surface area (TPSA) is 56.6 Å². The zero-order chi connectivity index (χ0) is 16.2. The number of nitrogens with zero attached hydrogens (tertiary/aromatic N) is 3. The van der Waals surface area contributed by atoms with Crippen LogP contribution in [0.2, 0.25) is 0 Å². The molecule has 0 saturated heterocycles. The van der Waals surface area contributed by atoms with Gasteiger partial charge in [0.25, 0.3) is 0 Å². The lowest BCUT2D eigenvalue weighted by atomic mass is 9.60. The molecule has 0 bridgehead atoms. The Balaban J connectivity index is 1.91. The molecule has 1 spiro atoms. The number of likely N-dealkylation sites (N-methyl/N-ethyl adjacent to an activating group) is 2. The fraction of sp³-hybridized carbons (Fsp3) is 0.882. The molecule has 2 unspecified atom stereocenters. The van der Waals surface area contributed by atoms with Crippen molar-refractivity contribution in [2.24, 2.45) is 5.41 Å². The van der Waals surface area contributed by atoms with Gasteiger partial charge in [-0.05, 0) is 33.2 Å². The molecule has 2 aliphatic rings. The highest BCUT2D eigenvalue weighted by atomic mass is 16.5. The molecule has 2 saturated carbocycles. The van der Waals surface area contributed by atoms with Crippen LogP contribution in [0.15, 0.2) is 0 Å². The van der Waals surface area contributed by atoms with E-state index in [2.05, 4.69) is 24.9 Å². The third-order valence-electron chi connectivity index (χ3n) is 5.55. The lowest BCUT2D eigenvalue weighted by Crippen LogP contribution is -2.63. The normalized spacial score (nSPS) is 26.0. The molecule has 0 aliphatic heterocycles. The summed E-state index contributed by atoms with van der Waals surface area (Å²) in [6.45, 7) is 3.79. The Morgan fingerprint density at radius 2 is 2.05 bits per heavy atom. The largest absolute Gasteiger partial charge is 0.378 e. The average molecular weight is 307 g/mol. The summed E-state index contributed by atoms with van der Waals surface area (Å²) in [5.74, 6) is 0.103. The van der Waals surface area contributed by atoms with E-state index in [1.165, 1.54) is 25.7 Å². The van der Waals surface area contributed by atoms with Crippen molar-refractivity contribution in [3.63, 3.8) is 0 Å². The van der Waals surface area contributed by atoms with Crippen molar-refractivity contribution < 1.29 is 9.53 Å². The second-order valence-corrected chi connectivity index (χ2v) is 6.77. The standard InChI is InChI=1S/C17H29N3O2/c1-4-22-15-12-14(17(15)8-5-6-9-17)20(3)13-16(21)19(2)11-7-10-18/h14-15H,4-9,11-13H2,1-3H3. The number of rotatable bonds is 7. The number of amides is 1. The predicted octanol–water partition coefficient (Wildman–Crippen LogP) is 2.03. The summed E-state index contributed by atoms with van der Waals surface area (Å²) in [6.07, 6.45) is 6.83. The fourth-order valence-electron chi connectivity index (χ4n) is 4.26. The molecule has 1 amide bonds. The summed E-state index contributed by atoms with van der Waals surface area (Å²) in [6, 6.07) is 2.55. The first-order chi connectivity index (χ1) is 10.5. The first-order valence-electron chi connectivity index (χ1n) is 8.48. The Labute approximate surface area is 134 Å². The first-order valence-corrected chi connectivity index (χ1v) is 8.48. The van der Waals surface area contributed by atoms with E-state index in [1.54, 1.807) is 11.9 Å². The van der Waals surface area contributed by atoms with Crippen molar-refractivity contribution in [2.75, 3.05) is 33.8 Å². The maximum atomic E-state index is 12.3. The lowest BCUT2D eigenvalue weighted by Gasteiger charge is -2.57. The number of carbonyl (C=O) groups is 1. The van der Waals surface area contributed by atoms with Gasteiger partial charge in [0.1, 0.15) is 0 Å². The number of nitriles is 1. The lowest BCUT2D eigenvalue weighted by molar-refractivity contribution is -0.164. The SMILES string of the molecule is CCOC1CC(N(C)CC(=O)N(C)CCC#N)C12CCCC2. The summed E-state index contributed by atoms with van der Waals surface area (Å²) >= 11 is 0. The van der Waals surface area contributed by atoms with Crippen LogP contribution in [-0.4, -0.2) is 61.6 Å². The van der Waals surface area contributed by atoms with Gasteiger partial charge in [-0.15, -0.1) is 0 Å². The van der Waals surface area contributed by atoms with Gasteiger partial charge in [0, 0.05) is 31.7 Å². The minimum Gasteiger partial charge on any atom is -0.378 e. The van der Waals surface area contributed by atoms with Crippen LogP contribution in [0.4, 0.5) is 0 Å². The molecule has 0 aromatic heterocycles. The molecule has 22 heavy (non-hydrogen) atoms. The van der Waals surface area contributed by atoms with Gasteiger partial charge in [-0.1, -0.05) is 12.8 Å². The average Bonchev–Trinajstić information content (AvgIpc) is 3.00. The molecular weight excluding hydrogens is 278 g/mol. The van der Waals surface area contributed by atoms with Gasteiger partial charge in [-0.3, -0.25) is 9.69 Å². The Morgan fingerprint density at radius 1 is 1.36 bits per heavy atom. The van der Waals surface area contributed by atoms with Crippen LogP contribution in [0, 0.1) is 16.7 Å². The van der Waals surface area contributed by atoms with E-state index in [4.69, 9.17) is 10.00 Å². The Morgan fingerprint density at radius 3 is 2.64 bits per heavy atom. The minimum absolute atomic E-state index is 0.103. The van der Waals surface area contributed by atoms with Crippen molar-refractivity contribution in [3.05, 3.63) is 0 Å². The number of carbonyl (C=O) groups excluding carboxylic acids is 1. The highest BCUT2D eigenvalue weighted by Crippen LogP contribution is 2.56. The van der Waals surface area contributed by atoms with Crippen molar-refractivity contribution >= 4 is 5.91 Å². The highest BCUT2D eigenvalue weighted by molar-refractivity contribution is 5.78. The molecule has 2 aliphatic carbocycles. The Kier molecular flexibility index (Phi) is 5.82. The van der Waals surface area contributed by atoms with Crippen LogP contribution in [0.5, 0.6) is 0 Å². The predicted molar refractivity (Wildman–Crippen MR) is 85.2 cm³/mol. The molecular formula is C17H29N3O2. The molecule has 5 heteroatoms. The monoisotopic (exact) mass is 307 g/mol. The maximum absolute atomic E-state index is 12.3. The molecule has 0 aromatic carbocycles. The molecule has 0 aromatic rings. The van der Waals surface area contributed by atoms with E-state index in [1.807, 2.05) is 0 Å². The summed E-state index contributed by atoms with van der Waals surface area (Å²) < 4.78 is 5.94. The summed E-state index contributed by atoms with van der Waals surface area (Å²) in [5, 5.41) is 8.62. The molecule has 5 nitrogen and oxygen atoms in total. The second kappa shape index (κ2) is 7.43. The van der Waals surface area contributed by atoms with E-state index in [0.29, 0.717) is 31.7 Å². The molecule has 0 radical (unpaired) electrons. The summed E-state index contributed by atoms with van der Waals surface area (Å²) in [7, 11) is 3.84. The number of ether oxygens (including phenoxy) is 1. The van der Waals surface area contributed by atoms with Gasteiger partial charge in [0.05, 0.1) is 25.1 Å².